The molecule has 1 aliphatic heterocycles. The SMILES string of the molecule is CCCNC1CCCC1CN(C)CC1CCCCO1. The normalized spacial score (nSPS) is 32.1. The molecule has 0 amide bonds. The van der Waals surface area contributed by atoms with Crippen molar-refractivity contribution in [1.29, 1.82) is 0 Å². The van der Waals surface area contributed by atoms with Gasteiger partial charge < -0.3 is 15.0 Å². The molecule has 0 aromatic heterocycles. The van der Waals surface area contributed by atoms with Gasteiger partial charge >= 0.3 is 0 Å². The molecule has 2 fully saturated rings. The molecule has 3 unspecified atom stereocenters. The van der Waals surface area contributed by atoms with Crippen molar-refractivity contribution in [2.24, 2.45) is 5.92 Å². The Kier molecular flexibility index (Phi) is 6.62. The average molecular weight is 268 g/mol. The van der Waals surface area contributed by atoms with Gasteiger partial charge in [-0.2, -0.15) is 0 Å². The molecule has 1 heterocycles. The molecule has 1 saturated carbocycles. The minimum Gasteiger partial charge on any atom is -0.377 e. The molecule has 3 nitrogen and oxygen atoms in total. The standard InChI is InChI=1S/C16H32N2O/c1-3-10-17-16-9-6-7-14(16)12-18(2)13-15-8-4-5-11-19-15/h14-17H,3-13H2,1-2H3. The lowest BCUT2D eigenvalue weighted by Gasteiger charge is -2.30. The van der Waals surface area contributed by atoms with E-state index in [9.17, 15) is 0 Å². The first-order chi connectivity index (χ1) is 9.29. The van der Waals surface area contributed by atoms with Crippen LogP contribution in [-0.2, 0) is 4.74 Å². The van der Waals surface area contributed by atoms with E-state index in [-0.39, 0.29) is 0 Å². The van der Waals surface area contributed by atoms with Crippen molar-refractivity contribution in [1.82, 2.24) is 10.2 Å². The molecule has 19 heavy (non-hydrogen) atoms. The second-order valence-electron chi connectivity index (χ2n) is 6.46. The van der Waals surface area contributed by atoms with Crippen LogP contribution in [0.5, 0.6) is 0 Å². The quantitative estimate of drug-likeness (QED) is 0.768. The summed E-state index contributed by atoms with van der Waals surface area (Å²) >= 11 is 0. The zero-order chi connectivity index (χ0) is 13.5. The molecule has 112 valence electrons. The van der Waals surface area contributed by atoms with Gasteiger partial charge in [-0.1, -0.05) is 13.3 Å². The fourth-order valence-corrected chi connectivity index (χ4v) is 3.63. The summed E-state index contributed by atoms with van der Waals surface area (Å²) < 4.78 is 5.85. The van der Waals surface area contributed by atoms with Gasteiger partial charge in [-0.15, -0.1) is 0 Å². The van der Waals surface area contributed by atoms with E-state index in [1.54, 1.807) is 0 Å². The first-order valence-electron chi connectivity index (χ1n) is 8.33. The van der Waals surface area contributed by atoms with Crippen molar-refractivity contribution >= 4 is 0 Å². The molecule has 0 aromatic carbocycles. The van der Waals surface area contributed by atoms with Crippen LogP contribution >= 0.6 is 0 Å². The van der Waals surface area contributed by atoms with Crippen LogP contribution in [-0.4, -0.2) is 50.3 Å². The fraction of sp³-hybridized carbons (Fsp3) is 1.00. The summed E-state index contributed by atoms with van der Waals surface area (Å²) in [6.45, 7) is 6.76. The topological polar surface area (TPSA) is 24.5 Å². The van der Waals surface area contributed by atoms with E-state index in [4.69, 9.17) is 4.74 Å². The molecule has 3 atom stereocenters. The monoisotopic (exact) mass is 268 g/mol. The van der Waals surface area contributed by atoms with Crippen molar-refractivity contribution < 1.29 is 4.74 Å². The first kappa shape index (κ1) is 15.3. The van der Waals surface area contributed by atoms with Crippen LogP contribution < -0.4 is 5.32 Å². The lowest BCUT2D eigenvalue weighted by atomic mass is 10.0. The predicted octanol–water partition coefficient (Wildman–Crippen LogP) is 2.66. The number of nitrogens with zero attached hydrogens (tertiary/aromatic N) is 1. The highest BCUT2D eigenvalue weighted by Crippen LogP contribution is 2.26. The van der Waals surface area contributed by atoms with E-state index >= 15 is 0 Å². The number of hydrogen-bond acceptors (Lipinski definition) is 3. The van der Waals surface area contributed by atoms with Crippen LogP contribution in [0.15, 0.2) is 0 Å². The minimum absolute atomic E-state index is 0.488. The van der Waals surface area contributed by atoms with Gasteiger partial charge in [0.25, 0.3) is 0 Å². The fourth-order valence-electron chi connectivity index (χ4n) is 3.63. The molecule has 0 spiro atoms. The van der Waals surface area contributed by atoms with E-state index in [2.05, 4.69) is 24.2 Å². The molecule has 0 radical (unpaired) electrons. The highest BCUT2D eigenvalue weighted by molar-refractivity contribution is 4.85. The maximum atomic E-state index is 5.85. The number of nitrogens with one attached hydrogen (secondary N) is 1. The van der Waals surface area contributed by atoms with Gasteiger partial charge in [0, 0.05) is 25.7 Å². The predicted molar refractivity (Wildman–Crippen MR) is 80.5 cm³/mol. The van der Waals surface area contributed by atoms with Crippen molar-refractivity contribution in [2.45, 2.75) is 64.0 Å². The number of likely N-dealkylation sites (N-methyl/N-ethyl adjacent to an activating group) is 1. The van der Waals surface area contributed by atoms with Crippen LogP contribution in [0.25, 0.3) is 0 Å². The number of rotatable bonds is 7. The second-order valence-corrected chi connectivity index (χ2v) is 6.46. The van der Waals surface area contributed by atoms with Crippen molar-refractivity contribution in [3.8, 4) is 0 Å². The highest BCUT2D eigenvalue weighted by atomic mass is 16.5. The molecule has 2 aliphatic rings. The van der Waals surface area contributed by atoms with Gasteiger partial charge in [0.2, 0.25) is 0 Å². The van der Waals surface area contributed by atoms with E-state index in [1.165, 1.54) is 58.0 Å². The maximum Gasteiger partial charge on any atom is 0.0701 e. The van der Waals surface area contributed by atoms with E-state index in [1.807, 2.05) is 0 Å². The van der Waals surface area contributed by atoms with Gasteiger partial charge in [-0.05, 0) is 58.0 Å². The van der Waals surface area contributed by atoms with Gasteiger partial charge in [0.15, 0.2) is 0 Å². The summed E-state index contributed by atoms with van der Waals surface area (Å²) in [5.41, 5.74) is 0. The zero-order valence-corrected chi connectivity index (χ0v) is 12.9. The smallest absolute Gasteiger partial charge is 0.0701 e. The summed E-state index contributed by atoms with van der Waals surface area (Å²) in [4.78, 5) is 2.51. The first-order valence-corrected chi connectivity index (χ1v) is 8.33. The molecular formula is C16H32N2O. The molecule has 1 N–H and O–H groups in total. The van der Waals surface area contributed by atoms with E-state index < -0.39 is 0 Å². The summed E-state index contributed by atoms with van der Waals surface area (Å²) in [6, 6.07) is 0.759. The molecule has 1 aliphatic carbocycles. The summed E-state index contributed by atoms with van der Waals surface area (Å²) in [6.07, 6.45) is 9.77. The van der Waals surface area contributed by atoms with Crippen molar-refractivity contribution in [3.63, 3.8) is 0 Å². The second kappa shape index (κ2) is 8.23. The van der Waals surface area contributed by atoms with Gasteiger partial charge in [-0.25, -0.2) is 0 Å². The van der Waals surface area contributed by atoms with Crippen molar-refractivity contribution in [3.05, 3.63) is 0 Å². The lowest BCUT2D eigenvalue weighted by Crippen LogP contribution is -2.41. The Bertz CT molecular complexity index is 241. The maximum absolute atomic E-state index is 5.85. The average Bonchev–Trinajstić information content (AvgIpc) is 2.84. The summed E-state index contributed by atoms with van der Waals surface area (Å²) in [5.74, 6) is 0.847. The molecular weight excluding hydrogens is 236 g/mol. The zero-order valence-electron chi connectivity index (χ0n) is 12.9. The van der Waals surface area contributed by atoms with Crippen LogP contribution in [0.3, 0.4) is 0 Å². The Morgan fingerprint density at radius 1 is 1.11 bits per heavy atom. The van der Waals surface area contributed by atoms with Gasteiger partial charge in [-0.3, -0.25) is 0 Å². The number of ether oxygens (including phenoxy) is 1. The van der Waals surface area contributed by atoms with E-state index in [0.29, 0.717) is 6.10 Å². The minimum atomic E-state index is 0.488. The van der Waals surface area contributed by atoms with Crippen LogP contribution in [0.2, 0.25) is 0 Å². The van der Waals surface area contributed by atoms with Crippen molar-refractivity contribution in [2.75, 3.05) is 33.3 Å². The third kappa shape index (κ3) is 5.05. The van der Waals surface area contributed by atoms with E-state index in [0.717, 1.165) is 25.1 Å². The third-order valence-electron chi connectivity index (χ3n) is 4.65. The Labute approximate surface area is 119 Å². The number of hydrogen-bond donors (Lipinski definition) is 1. The largest absolute Gasteiger partial charge is 0.377 e. The van der Waals surface area contributed by atoms with Gasteiger partial charge in [0.05, 0.1) is 6.10 Å². The van der Waals surface area contributed by atoms with Crippen LogP contribution in [0.4, 0.5) is 0 Å². The molecule has 1 saturated heterocycles. The summed E-state index contributed by atoms with van der Waals surface area (Å²) in [7, 11) is 2.27. The molecule has 2 rings (SSSR count). The lowest BCUT2D eigenvalue weighted by molar-refractivity contribution is -0.00383. The Balaban J connectivity index is 1.69. The van der Waals surface area contributed by atoms with Crippen LogP contribution in [0.1, 0.15) is 51.9 Å². The molecule has 0 bridgehead atoms. The van der Waals surface area contributed by atoms with Crippen LogP contribution in [0, 0.1) is 5.92 Å². The van der Waals surface area contributed by atoms with Gasteiger partial charge in [0.1, 0.15) is 0 Å². The Hall–Kier alpha value is -0.120. The third-order valence-corrected chi connectivity index (χ3v) is 4.65. The molecule has 3 heteroatoms. The Morgan fingerprint density at radius 3 is 2.74 bits per heavy atom. The molecule has 0 aromatic rings. The highest BCUT2D eigenvalue weighted by Gasteiger charge is 2.28. The summed E-state index contributed by atoms with van der Waals surface area (Å²) in [5, 5.41) is 3.73. The Morgan fingerprint density at radius 2 is 2.00 bits per heavy atom.